The molecule has 0 aromatic carbocycles. The molecule has 1 aliphatic carbocycles. The van der Waals surface area contributed by atoms with Gasteiger partial charge in [0.25, 0.3) is 0 Å². The van der Waals surface area contributed by atoms with E-state index in [-0.39, 0.29) is 0 Å². The van der Waals surface area contributed by atoms with Crippen LogP contribution in [-0.4, -0.2) is 49.3 Å². The van der Waals surface area contributed by atoms with Crippen LogP contribution in [-0.2, 0) is 4.74 Å². The average Bonchev–Trinajstić information content (AvgIpc) is 2.82. The summed E-state index contributed by atoms with van der Waals surface area (Å²) in [6.45, 7) is 11.2. The third-order valence-electron chi connectivity index (χ3n) is 4.40. The van der Waals surface area contributed by atoms with Crippen LogP contribution in [0, 0.1) is 5.92 Å². The molecule has 0 spiro atoms. The van der Waals surface area contributed by atoms with Crippen molar-refractivity contribution in [3.63, 3.8) is 0 Å². The molecule has 1 heterocycles. The van der Waals surface area contributed by atoms with E-state index in [1.807, 2.05) is 0 Å². The molecule has 3 heteroatoms. The smallest absolute Gasteiger partial charge is 0.0731 e. The fourth-order valence-corrected chi connectivity index (χ4v) is 3.44. The number of rotatable bonds is 6. The highest BCUT2D eigenvalue weighted by Crippen LogP contribution is 2.31. The Hall–Kier alpha value is -0.120. The minimum absolute atomic E-state index is 0.526. The van der Waals surface area contributed by atoms with Gasteiger partial charge in [0, 0.05) is 25.2 Å². The maximum absolute atomic E-state index is 5.91. The molecule has 1 aliphatic heterocycles. The summed E-state index contributed by atoms with van der Waals surface area (Å²) in [6, 6.07) is 1.39. The SMILES string of the molecule is CCC(CNCC(C)C)N1CCOC2CCCC21. The Bertz CT molecular complexity index is 245. The van der Waals surface area contributed by atoms with Gasteiger partial charge in [0.15, 0.2) is 0 Å². The van der Waals surface area contributed by atoms with Gasteiger partial charge < -0.3 is 10.1 Å². The number of morpholine rings is 1. The molecule has 2 aliphatic rings. The van der Waals surface area contributed by atoms with Gasteiger partial charge in [-0.15, -0.1) is 0 Å². The lowest BCUT2D eigenvalue weighted by Crippen LogP contribution is -2.55. The molecule has 0 aromatic heterocycles. The van der Waals surface area contributed by atoms with E-state index in [1.165, 1.54) is 25.7 Å². The fraction of sp³-hybridized carbons (Fsp3) is 1.00. The number of ether oxygens (including phenoxy) is 1. The molecule has 106 valence electrons. The number of hydrogen-bond acceptors (Lipinski definition) is 3. The largest absolute Gasteiger partial charge is 0.375 e. The third kappa shape index (κ3) is 3.46. The van der Waals surface area contributed by atoms with Crippen LogP contribution in [0.4, 0.5) is 0 Å². The minimum atomic E-state index is 0.526. The third-order valence-corrected chi connectivity index (χ3v) is 4.40. The second-order valence-corrected chi connectivity index (χ2v) is 6.26. The molecule has 1 saturated carbocycles. The Balaban J connectivity index is 1.85. The average molecular weight is 254 g/mol. The van der Waals surface area contributed by atoms with Crippen molar-refractivity contribution in [2.45, 2.75) is 64.6 Å². The van der Waals surface area contributed by atoms with E-state index < -0.39 is 0 Å². The van der Waals surface area contributed by atoms with Crippen LogP contribution >= 0.6 is 0 Å². The summed E-state index contributed by atoms with van der Waals surface area (Å²) in [5.74, 6) is 0.742. The van der Waals surface area contributed by atoms with E-state index in [2.05, 4.69) is 31.0 Å². The first kappa shape index (κ1) is 14.3. The summed E-state index contributed by atoms with van der Waals surface area (Å²) < 4.78 is 5.91. The molecular formula is C15H30N2O. The lowest BCUT2D eigenvalue weighted by Gasteiger charge is -2.42. The topological polar surface area (TPSA) is 24.5 Å². The number of nitrogens with one attached hydrogen (secondary N) is 1. The Morgan fingerprint density at radius 3 is 2.83 bits per heavy atom. The highest BCUT2D eigenvalue weighted by molar-refractivity contribution is 4.92. The van der Waals surface area contributed by atoms with Gasteiger partial charge in [-0.1, -0.05) is 20.8 Å². The molecule has 3 atom stereocenters. The molecule has 1 saturated heterocycles. The van der Waals surface area contributed by atoms with Crippen LogP contribution in [0.25, 0.3) is 0 Å². The molecule has 2 rings (SSSR count). The molecule has 3 unspecified atom stereocenters. The zero-order valence-electron chi connectivity index (χ0n) is 12.3. The number of fused-ring (bicyclic) bond motifs is 1. The highest BCUT2D eigenvalue weighted by atomic mass is 16.5. The van der Waals surface area contributed by atoms with Gasteiger partial charge in [-0.2, -0.15) is 0 Å². The normalized spacial score (nSPS) is 30.7. The quantitative estimate of drug-likeness (QED) is 0.787. The predicted octanol–water partition coefficient (Wildman–Crippen LogP) is 2.26. The van der Waals surface area contributed by atoms with Crippen molar-refractivity contribution in [2.24, 2.45) is 5.92 Å². The van der Waals surface area contributed by atoms with Crippen molar-refractivity contribution >= 4 is 0 Å². The summed E-state index contributed by atoms with van der Waals surface area (Å²) in [4.78, 5) is 2.73. The van der Waals surface area contributed by atoms with Crippen LogP contribution in [0.1, 0.15) is 46.5 Å². The lowest BCUT2D eigenvalue weighted by atomic mass is 10.1. The first-order valence-electron chi connectivity index (χ1n) is 7.80. The summed E-state index contributed by atoms with van der Waals surface area (Å²) in [6.07, 6.45) is 5.73. The van der Waals surface area contributed by atoms with Crippen molar-refractivity contribution in [1.82, 2.24) is 10.2 Å². The van der Waals surface area contributed by atoms with Crippen LogP contribution in [0.15, 0.2) is 0 Å². The highest BCUT2D eigenvalue weighted by Gasteiger charge is 2.38. The molecule has 0 bridgehead atoms. The van der Waals surface area contributed by atoms with Crippen LogP contribution < -0.4 is 5.32 Å². The Morgan fingerprint density at radius 2 is 2.11 bits per heavy atom. The second kappa shape index (κ2) is 6.88. The van der Waals surface area contributed by atoms with Gasteiger partial charge >= 0.3 is 0 Å². The Morgan fingerprint density at radius 1 is 1.28 bits per heavy atom. The first-order chi connectivity index (χ1) is 8.72. The molecule has 0 radical (unpaired) electrons. The minimum Gasteiger partial charge on any atom is -0.375 e. The van der Waals surface area contributed by atoms with Crippen molar-refractivity contribution < 1.29 is 4.74 Å². The van der Waals surface area contributed by atoms with Crippen molar-refractivity contribution in [2.75, 3.05) is 26.2 Å². The molecule has 0 amide bonds. The van der Waals surface area contributed by atoms with Gasteiger partial charge in [0.1, 0.15) is 0 Å². The van der Waals surface area contributed by atoms with Crippen molar-refractivity contribution in [3.05, 3.63) is 0 Å². The van der Waals surface area contributed by atoms with E-state index >= 15 is 0 Å². The maximum atomic E-state index is 5.91. The van der Waals surface area contributed by atoms with Crippen molar-refractivity contribution in [1.29, 1.82) is 0 Å². The van der Waals surface area contributed by atoms with Gasteiger partial charge in [-0.05, 0) is 38.1 Å². The standard InChI is InChI=1S/C15H30N2O/c1-4-13(11-16-10-12(2)3)17-8-9-18-15-7-5-6-14(15)17/h12-16H,4-11H2,1-3H3. The van der Waals surface area contributed by atoms with Gasteiger partial charge in [0.05, 0.1) is 12.7 Å². The fourth-order valence-electron chi connectivity index (χ4n) is 3.44. The second-order valence-electron chi connectivity index (χ2n) is 6.26. The Labute approximate surface area is 112 Å². The van der Waals surface area contributed by atoms with E-state index in [9.17, 15) is 0 Å². The Kier molecular flexibility index (Phi) is 5.46. The maximum Gasteiger partial charge on any atom is 0.0731 e. The van der Waals surface area contributed by atoms with E-state index in [0.717, 1.165) is 32.2 Å². The van der Waals surface area contributed by atoms with E-state index in [1.54, 1.807) is 0 Å². The molecule has 1 N–H and O–H groups in total. The van der Waals surface area contributed by atoms with Crippen LogP contribution in [0.2, 0.25) is 0 Å². The molecule has 3 nitrogen and oxygen atoms in total. The first-order valence-corrected chi connectivity index (χ1v) is 7.80. The zero-order valence-corrected chi connectivity index (χ0v) is 12.3. The predicted molar refractivity (Wildman–Crippen MR) is 75.9 cm³/mol. The van der Waals surface area contributed by atoms with Gasteiger partial charge in [-0.25, -0.2) is 0 Å². The van der Waals surface area contributed by atoms with Crippen LogP contribution in [0.3, 0.4) is 0 Å². The molecular weight excluding hydrogens is 224 g/mol. The number of hydrogen-bond donors (Lipinski definition) is 1. The van der Waals surface area contributed by atoms with Gasteiger partial charge in [-0.3, -0.25) is 4.90 Å². The van der Waals surface area contributed by atoms with Crippen molar-refractivity contribution in [3.8, 4) is 0 Å². The van der Waals surface area contributed by atoms with E-state index in [0.29, 0.717) is 18.2 Å². The molecule has 0 aromatic rings. The zero-order chi connectivity index (χ0) is 13.0. The molecule has 2 fully saturated rings. The summed E-state index contributed by atoms with van der Waals surface area (Å²) >= 11 is 0. The van der Waals surface area contributed by atoms with Gasteiger partial charge in [0.2, 0.25) is 0 Å². The summed E-state index contributed by atoms with van der Waals surface area (Å²) in [5, 5.41) is 3.63. The van der Waals surface area contributed by atoms with Crippen LogP contribution in [0.5, 0.6) is 0 Å². The van der Waals surface area contributed by atoms with E-state index in [4.69, 9.17) is 4.74 Å². The summed E-state index contributed by atoms with van der Waals surface area (Å²) in [7, 11) is 0. The monoisotopic (exact) mass is 254 g/mol. The summed E-state index contributed by atoms with van der Waals surface area (Å²) in [5.41, 5.74) is 0. The molecule has 18 heavy (non-hydrogen) atoms. The lowest BCUT2D eigenvalue weighted by molar-refractivity contribution is -0.0718. The number of nitrogens with zero attached hydrogens (tertiary/aromatic N) is 1.